The normalized spacial score (nSPS) is 14.3. The van der Waals surface area contributed by atoms with E-state index in [2.05, 4.69) is 12.2 Å². The maximum absolute atomic E-state index is 13.5. The summed E-state index contributed by atoms with van der Waals surface area (Å²) >= 11 is 0. The topological polar surface area (TPSA) is 21.3 Å². The number of ether oxygens (including phenoxy) is 1. The molecule has 0 aliphatic carbocycles. The van der Waals surface area contributed by atoms with Gasteiger partial charge in [-0.25, -0.2) is 4.39 Å². The van der Waals surface area contributed by atoms with E-state index < -0.39 is 17.2 Å². The van der Waals surface area contributed by atoms with Gasteiger partial charge < -0.3 is 10.1 Å². The fourth-order valence-electron chi connectivity index (χ4n) is 1.59. The molecule has 0 saturated carbocycles. The molecule has 0 heterocycles. The van der Waals surface area contributed by atoms with E-state index in [-0.39, 0.29) is 5.75 Å². The van der Waals surface area contributed by atoms with Gasteiger partial charge in [-0.15, -0.1) is 0 Å². The van der Waals surface area contributed by atoms with Crippen molar-refractivity contribution in [3.8, 4) is 5.75 Å². The highest BCUT2D eigenvalue weighted by atomic mass is 19.2. The van der Waals surface area contributed by atoms with Crippen molar-refractivity contribution < 1.29 is 13.5 Å². The number of rotatable bonds is 7. The lowest BCUT2D eigenvalue weighted by molar-refractivity contribution is 0.0779. The van der Waals surface area contributed by atoms with Gasteiger partial charge in [-0.05, 0) is 38.4 Å². The zero-order chi connectivity index (χ0) is 13.6. The Morgan fingerprint density at radius 2 is 2.00 bits per heavy atom. The summed E-state index contributed by atoms with van der Waals surface area (Å²) in [5, 5.41) is 3.24. The first kappa shape index (κ1) is 14.9. The van der Waals surface area contributed by atoms with Crippen LogP contribution in [0.4, 0.5) is 8.78 Å². The fraction of sp³-hybridized carbons (Fsp3) is 0.571. The molecule has 1 N–H and O–H groups in total. The Labute approximate surface area is 107 Å². The van der Waals surface area contributed by atoms with Crippen LogP contribution in [0.15, 0.2) is 18.2 Å². The van der Waals surface area contributed by atoms with Gasteiger partial charge in [-0.2, -0.15) is 4.39 Å². The predicted octanol–water partition coefficient (Wildman–Crippen LogP) is 3.51. The van der Waals surface area contributed by atoms with Gasteiger partial charge in [0.05, 0.1) is 0 Å². The van der Waals surface area contributed by atoms with Crippen LogP contribution in [0.3, 0.4) is 0 Å². The van der Waals surface area contributed by atoms with Gasteiger partial charge in [-0.1, -0.05) is 19.9 Å². The number of halogens is 2. The molecule has 0 amide bonds. The van der Waals surface area contributed by atoms with E-state index in [1.54, 1.807) is 0 Å². The van der Waals surface area contributed by atoms with Gasteiger partial charge >= 0.3 is 0 Å². The molecule has 0 bridgehead atoms. The first-order chi connectivity index (χ1) is 8.52. The quantitative estimate of drug-likeness (QED) is 0.755. The van der Waals surface area contributed by atoms with Crippen LogP contribution < -0.4 is 10.1 Å². The molecule has 1 rings (SSSR count). The highest BCUT2D eigenvalue weighted by Crippen LogP contribution is 2.25. The lowest BCUT2D eigenvalue weighted by Crippen LogP contribution is -2.43. The van der Waals surface area contributed by atoms with E-state index in [4.69, 9.17) is 4.74 Å². The minimum atomic E-state index is -0.923. The molecule has 0 aliphatic heterocycles. The molecule has 18 heavy (non-hydrogen) atoms. The Bertz CT molecular complexity index is 384. The molecule has 2 nitrogen and oxygen atoms in total. The Morgan fingerprint density at radius 3 is 2.61 bits per heavy atom. The summed E-state index contributed by atoms with van der Waals surface area (Å²) in [4.78, 5) is 0. The lowest BCUT2D eigenvalue weighted by atomic mass is 10.0. The molecular weight excluding hydrogens is 236 g/mol. The monoisotopic (exact) mass is 257 g/mol. The molecule has 1 aromatic rings. The fourth-order valence-corrected chi connectivity index (χ4v) is 1.59. The first-order valence-electron chi connectivity index (χ1n) is 6.36. The minimum absolute atomic E-state index is 0.0300. The van der Waals surface area contributed by atoms with Crippen LogP contribution in [-0.4, -0.2) is 18.7 Å². The average Bonchev–Trinajstić information content (AvgIpc) is 2.35. The van der Waals surface area contributed by atoms with Gasteiger partial charge in [0, 0.05) is 6.54 Å². The lowest BCUT2D eigenvalue weighted by Gasteiger charge is -2.30. The van der Waals surface area contributed by atoms with E-state index in [0.717, 1.165) is 19.0 Å². The van der Waals surface area contributed by atoms with Crippen molar-refractivity contribution in [3.05, 3.63) is 29.8 Å². The van der Waals surface area contributed by atoms with Crippen molar-refractivity contribution in [2.45, 2.75) is 39.2 Å². The highest BCUT2D eigenvalue weighted by Gasteiger charge is 2.25. The number of hydrogen-bond acceptors (Lipinski definition) is 2. The van der Waals surface area contributed by atoms with Gasteiger partial charge in [0.15, 0.2) is 11.6 Å². The summed E-state index contributed by atoms with van der Waals surface area (Å²) in [6.07, 6.45) is 1.73. The van der Waals surface area contributed by atoms with Crippen LogP contribution in [0.5, 0.6) is 5.75 Å². The minimum Gasteiger partial charge on any atom is -0.483 e. The molecule has 0 radical (unpaired) electrons. The molecule has 0 spiro atoms. The van der Waals surface area contributed by atoms with Crippen LogP contribution >= 0.6 is 0 Å². The molecule has 0 aromatic heterocycles. The molecule has 0 aliphatic rings. The maximum atomic E-state index is 13.5. The van der Waals surface area contributed by atoms with E-state index >= 15 is 0 Å². The Kier molecular flexibility index (Phi) is 5.54. The van der Waals surface area contributed by atoms with Gasteiger partial charge in [0.2, 0.25) is 5.82 Å². The molecule has 0 saturated heterocycles. The third kappa shape index (κ3) is 3.95. The summed E-state index contributed by atoms with van der Waals surface area (Å²) in [5.74, 6) is -1.84. The van der Waals surface area contributed by atoms with E-state index in [1.165, 1.54) is 12.1 Å². The van der Waals surface area contributed by atoms with Crippen LogP contribution in [0.1, 0.15) is 33.6 Å². The SMILES string of the molecule is CCCNCC(C)(CC)Oc1cccc(F)c1F. The van der Waals surface area contributed by atoms with E-state index in [1.807, 2.05) is 13.8 Å². The Morgan fingerprint density at radius 1 is 1.28 bits per heavy atom. The molecule has 1 atom stereocenters. The van der Waals surface area contributed by atoms with Crippen LogP contribution in [0.25, 0.3) is 0 Å². The van der Waals surface area contributed by atoms with Crippen molar-refractivity contribution >= 4 is 0 Å². The van der Waals surface area contributed by atoms with Crippen LogP contribution in [-0.2, 0) is 0 Å². The Hall–Kier alpha value is -1.16. The third-order valence-electron chi connectivity index (χ3n) is 2.95. The second-order valence-corrected chi connectivity index (χ2v) is 4.63. The number of benzene rings is 1. The van der Waals surface area contributed by atoms with Crippen LogP contribution in [0.2, 0.25) is 0 Å². The maximum Gasteiger partial charge on any atom is 0.200 e. The largest absolute Gasteiger partial charge is 0.483 e. The summed E-state index contributed by atoms with van der Waals surface area (Å²) in [7, 11) is 0. The van der Waals surface area contributed by atoms with Crippen molar-refractivity contribution in [2.24, 2.45) is 0 Å². The summed E-state index contributed by atoms with van der Waals surface area (Å²) in [6, 6.07) is 3.98. The summed E-state index contributed by atoms with van der Waals surface area (Å²) in [6.45, 7) is 7.41. The summed E-state index contributed by atoms with van der Waals surface area (Å²) < 4.78 is 32.3. The molecule has 4 heteroatoms. The van der Waals surface area contributed by atoms with Crippen LogP contribution in [0, 0.1) is 11.6 Å². The molecule has 1 unspecified atom stereocenters. The second-order valence-electron chi connectivity index (χ2n) is 4.63. The standard InChI is InChI=1S/C14H21F2NO/c1-4-9-17-10-14(3,5-2)18-12-8-6-7-11(15)13(12)16/h6-8,17H,4-5,9-10H2,1-3H3. The third-order valence-corrected chi connectivity index (χ3v) is 2.95. The van der Waals surface area contributed by atoms with Crippen molar-refractivity contribution in [3.63, 3.8) is 0 Å². The smallest absolute Gasteiger partial charge is 0.200 e. The average molecular weight is 257 g/mol. The van der Waals surface area contributed by atoms with E-state index in [0.29, 0.717) is 13.0 Å². The molecule has 1 aromatic carbocycles. The highest BCUT2D eigenvalue weighted by molar-refractivity contribution is 5.25. The van der Waals surface area contributed by atoms with Crippen molar-refractivity contribution in [1.29, 1.82) is 0 Å². The van der Waals surface area contributed by atoms with Crippen molar-refractivity contribution in [1.82, 2.24) is 5.32 Å². The Balaban J connectivity index is 2.75. The summed E-state index contributed by atoms with van der Waals surface area (Å²) in [5.41, 5.74) is -0.538. The molecular formula is C14H21F2NO. The van der Waals surface area contributed by atoms with E-state index in [9.17, 15) is 8.78 Å². The predicted molar refractivity (Wildman–Crippen MR) is 68.8 cm³/mol. The number of nitrogens with one attached hydrogen (secondary N) is 1. The first-order valence-corrected chi connectivity index (χ1v) is 6.36. The zero-order valence-electron chi connectivity index (χ0n) is 11.2. The number of hydrogen-bond donors (Lipinski definition) is 1. The molecule has 0 fully saturated rings. The van der Waals surface area contributed by atoms with Gasteiger partial charge in [0.1, 0.15) is 5.60 Å². The van der Waals surface area contributed by atoms with Gasteiger partial charge in [-0.3, -0.25) is 0 Å². The van der Waals surface area contributed by atoms with Gasteiger partial charge in [0.25, 0.3) is 0 Å². The second kappa shape index (κ2) is 6.69. The van der Waals surface area contributed by atoms with Crippen molar-refractivity contribution in [2.75, 3.05) is 13.1 Å². The zero-order valence-corrected chi connectivity index (χ0v) is 11.2. The molecule has 102 valence electrons.